The van der Waals surface area contributed by atoms with E-state index in [1.54, 1.807) is 0 Å². The number of aromatic nitrogens is 3. The highest BCUT2D eigenvalue weighted by atomic mass is 16.6. The molecular formula is C12H14N4O5. The number of nitrogens with zero attached hydrogens (tertiary/aromatic N) is 3. The Hall–Kier alpha value is -2.25. The topological polar surface area (TPSA) is 144 Å². The third kappa shape index (κ3) is 2.30. The second-order valence-electron chi connectivity index (χ2n) is 4.50. The first-order valence-electron chi connectivity index (χ1n) is 5.90. The number of ether oxygens (including phenoxy) is 1. The third-order valence-corrected chi connectivity index (χ3v) is 3.23. The van der Waals surface area contributed by atoms with Crippen LogP contribution in [0.25, 0.3) is 0 Å². The fourth-order valence-corrected chi connectivity index (χ4v) is 2.08. The van der Waals surface area contributed by atoms with Gasteiger partial charge >= 0.3 is 5.69 Å². The average molecular weight is 294 g/mol. The number of rotatable bonds is 3. The standard InChI is InChI=1S/C12H14N4O5/c1-3-6(17)7-8(18)12(20,4-2)9(21-7)16-5-14-10(13)15-11(16)19/h2-3,5-9,17-18,20H,1H2,(H2,13,15,19)/t6-,7-,8+,9-,12?/m1/s1. The van der Waals surface area contributed by atoms with Gasteiger partial charge in [0.1, 0.15) is 24.6 Å². The van der Waals surface area contributed by atoms with Gasteiger partial charge in [-0.3, -0.25) is 4.57 Å². The third-order valence-electron chi connectivity index (χ3n) is 3.23. The summed E-state index contributed by atoms with van der Waals surface area (Å²) in [5.74, 6) is 1.72. The van der Waals surface area contributed by atoms with Crippen LogP contribution in [0.1, 0.15) is 6.23 Å². The van der Waals surface area contributed by atoms with Gasteiger partial charge in [-0.05, 0) is 0 Å². The molecule has 0 bridgehead atoms. The first-order chi connectivity index (χ1) is 9.85. The van der Waals surface area contributed by atoms with E-state index in [1.165, 1.54) is 0 Å². The van der Waals surface area contributed by atoms with Gasteiger partial charge in [0.15, 0.2) is 11.8 Å². The molecular weight excluding hydrogens is 280 g/mol. The lowest BCUT2D eigenvalue weighted by Gasteiger charge is -2.26. The minimum Gasteiger partial charge on any atom is -0.386 e. The minimum absolute atomic E-state index is 0.262. The molecule has 0 saturated carbocycles. The molecule has 1 saturated heterocycles. The fourth-order valence-electron chi connectivity index (χ4n) is 2.08. The number of hydrogen-bond donors (Lipinski definition) is 4. The van der Waals surface area contributed by atoms with Crippen LogP contribution in [-0.2, 0) is 4.74 Å². The molecule has 9 heteroatoms. The summed E-state index contributed by atoms with van der Waals surface area (Å²) in [6.45, 7) is 3.36. The van der Waals surface area contributed by atoms with E-state index in [1.807, 2.05) is 5.92 Å². The van der Waals surface area contributed by atoms with E-state index < -0.39 is 35.8 Å². The molecule has 1 aromatic heterocycles. The summed E-state index contributed by atoms with van der Waals surface area (Å²) < 4.78 is 6.10. The van der Waals surface area contributed by atoms with Gasteiger partial charge in [-0.1, -0.05) is 12.0 Å². The maximum Gasteiger partial charge on any atom is 0.354 e. The molecule has 1 fully saturated rings. The van der Waals surface area contributed by atoms with E-state index >= 15 is 0 Å². The number of aliphatic hydroxyl groups excluding tert-OH is 2. The van der Waals surface area contributed by atoms with Crippen molar-refractivity contribution in [3.63, 3.8) is 0 Å². The lowest BCUT2D eigenvalue weighted by molar-refractivity contribution is -0.0843. The highest BCUT2D eigenvalue weighted by molar-refractivity contribution is 5.21. The molecule has 0 spiro atoms. The zero-order valence-electron chi connectivity index (χ0n) is 10.8. The molecule has 0 radical (unpaired) electrons. The summed E-state index contributed by atoms with van der Waals surface area (Å²) >= 11 is 0. The summed E-state index contributed by atoms with van der Waals surface area (Å²) in [7, 11) is 0. The predicted molar refractivity (Wildman–Crippen MR) is 70.6 cm³/mol. The second kappa shape index (κ2) is 5.27. The Balaban J connectivity index is 2.50. The Morgan fingerprint density at radius 2 is 2.38 bits per heavy atom. The van der Waals surface area contributed by atoms with Crippen molar-refractivity contribution < 1.29 is 20.1 Å². The van der Waals surface area contributed by atoms with Gasteiger partial charge in [0.25, 0.3) is 0 Å². The van der Waals surface area contributed by atoms with Crippen LogP contribution in [0.3, 0.4) is 0 Å². The summed E-state index contributed by atoms with van der Waals surface area (Å²) in [5.41, 5.74) is 2.14. The van der Waals surface area contributed by atoms with E-state index in [2.05, 4.69) is 16.5 Å². The van der Waals surface area contributed by atoms with Crippen LogP contribution < -0.4 is 11.4 Å². The quantitative estimate of drug-likeness (QED) is 0.350. The van der Waals surface area contributed by atoms with Gasteiger partial charge < -0.3 is 25.8 Å². The first kappa shape index (κ1) is 15.1. The maximum atomic E-state index is 11.8. The lowest BCUT2D eigenvalue weighted by atomic mass is 9.93. The van der Waals surface area contributed by atoms with E-state index in [0.29, 0.717) is 0 Å². The molecule has 5 N–H and O–H groups in total. The average Bonchev–Trinajstić information content (AvgIpc) is 2.72. The van der Waals surface area contributed by atoms with Crippen molar-refractivity contribution in [3.8, 4) is 12.3 Å². The van der Waals surface area contributed by atoms with Crippen LogP contribution in [0.4, 0.5) is 5.95 Å². The molecule has 1 aromatic rings. The van der Waals surface area contributed by atoms with Crippen molar-refractivity contribution in [2.24, 2.45) is 0 Å². The number of aliphatic hydroxyl groups is 3. The first-order valence-corrected chi connectivity index (χ1v) is 5.90. The smallest absolute Gasteiger partial charge is 0.354 e. The molecule has 0 aliphatic carbocycles. The Bertz CT molecular complexity index is 654. The molecule has 5 atom stereocenters. The number of nitrogens with two attached hydrogens (primary N) is 1. The maximum absolute atomic E-state index is 11.8. The largest absolute Gasteiger partial charge is 0.386 e. The monoisotopic (exact) mass is 294 g/mol. The molecule has 9 nitrogen and oxygen atoms in total. The van der Waals surface area contributed by atoms with E-state index in [4.69, 9.17) is 16.9 Å². The van der Waals surface area contributed by atoms with Crippen LogP contribution in [0.15, 0.2) is 23.8 Å². The molecule has 112 valence electrons. The lowest BCUT2D eigenvalue weighted by Crippen LogP contribution is -2.48. The predicted octanol–water partition coefficient (Wildman–Crippen LogP) is -2.61. The van der Waals surface area contributed by atoms with E-state index in [-0.39, 0.29) is 5.95 Å². The SMILES string of the molecule is C#CC1(O)[C@@H](O)[C@@H]([C@H](O)C=C)O[C@H]1n1cnc(N)nc1=O. The zero-order valence-corrected chi connectivity index (χ0v) is 10.8. The van der Waals surface area contributed by atoms with Gasteiger partial charge in [-0.15, -0.1) is 13.0 Å². The Morgan fingerprint density at radius 3 is 2.90 bits per heavy atom. The van der Waals surface area contributed by atoms with Crippen LogP contribution in [0, 0.1) is 12.3 Å². The molecule has 1 unspecified atom stereocenters. The van der Waals surface area contributed by atoms with Gasteiger partial charge in [0.05, 0.1) is 0 Å². The molecule has 1 aliphatic heterocycles. The van der Waals surface area contributed by atoms with Crippen LogP contribution in [-0.4, -0.2) is 53.8 Å². The van der Waals surface area contributed by atoms with Crippen molar-refractivity contribution in [1.82, 2.24) is 14.5 Å². The normalized spacial score (nSPS) is 33.3. The van der Waals surface area contributed by atoms with Crippen molar-refractivity contribution in [1.29, 1.82) is 0 Å². The van der Waals surface area contributed by atoms with Crippen LogP contribution in [0.5, 0.6) is 0 Å². The van der Waals surface area contributed by atoms with Gasteiger partial charge in [0.2, 0.25) is 5.95 Å². The fraction of sp³-hybridized carbons (Fsp3) is 0.417. The molecule has 0 aromatic carbocycles. The number of hydrogen-bond acceptors (Lipinski definition) is 8. The highest BCUT2D eigenvalue weighted by Gasteiger charge is 2.57. The molecule has 2 rings (SSSR count). The van der Waals surface area contributed by atoms with Gasteiger partial charge in [-0.25, -0.2) is 9.78 Å². The van der Waals surface area contributed by atoms with Crippen LogP contribution in [0.2, 0.25) is 0 Å². The summed E-state index contributed by atoms with van der Waals surface area (Å²) in [4.78, 5) is 18.8. The van der Waals surface area contributed by atoms with Crippen molar-refractivity contribution in [2.75, 3.05) is 5.73 Å². The molecule has 1 aliphatic rings. The van der Waals surface area contributed by atoms with Crippen molar-refractivity contribution >= 4 is 5.95 Å². The number of nitrogen functional groups attached to an aromatic ring is 1. The van der Waals surface area contributed by atoms with Crippen molar-refractivity contribution in [3.05, 3.63) is 29.5 Å². The van der Waals surface area contributed by atoms with Crippen LogP contribution >= 0.6 is 0 Å². The second-order valence-corrected chi connectivity index (χ2v) is 4.50. The van der Waals surface area contributed by atoms with E-state index in [0.717, 1.165) is 17.0 Å². The number of terminal acetylenes is 1. The Kier molecular flexibility index (Phi) is 3.80. The highest BCUT2D eigenvalue weighted by Crippen LogP contribution is 2.38. The Labute approximate surface area is 119 Å². The molecule has 2 heterocycles. The summed E-state index contributed by atoms with van der Waals surface area (Å²) in [6.07, 6.45) is 1.64. The number of anilines is 1. The van der Waals surface area contributed by atoms with Gasteiger partial charge in [0, 0.05) is 0 Å². The zero-order chi connectivity index (χ0) is 15.8. The minimum atomic E-state index is -2.25. The molecule has 21 heavy (non-hydrogen) atoms. The van der Waals surface area contributed by atoms with Gasteiger partial charge in [-0.2, -0.15) is 4.98 Å². The summed E-state index contributed by atoms with van der Waals surface area (Å²) in [5, 5.41) is 30.2. The van der Waals surface area contributed by atoms with Crippen molar-refractivity contribution in [2.45, 2.75) is 30.1 Å². The Morgan fingerprint density at radius 1 is 1.71 bits per heavy atom. The van der Waals surface area contributed by atoms with E-state index in [9.17, 15) is 20.1 Å². The molecule has 0 amide bonds. The summed E-state index contributed by atoms with van der Waals surface area (Å²) in [6, 6.07) is 0.